The van der Waals surface area contributed by atoms with Crippen LogP contribution in [-0.4, -0.2) is 23.3 Å². The molecule has 0 bridgehead atoms. The molecule has 0 atom stereocenters. The summed E-state index contributed by atoms with van der Waals surface area (Å²) in [4.78, 5) is 0. The van der Waals surface area contributed by atoms with Gasteiger partial charge in [-0.25, -0.2) is 4.34 Å². The van der Waals surface area contributed by atoms with Gasteiger partial charge >= 0.3 is 0 Å². The predicted octanol–water partition coefficient (Wildman–Crippen LogP) is 1.33. The molecule has 0 aliphatic carbocycles. The number of halogens is 1. The van der Waals surface area contributed by atoms with Crippen molar-refractivity contribution in [3.8, 4) is 0 Å². The molecular formula is C6H14BrNO3S. The normalized spacial score (nSPS) is 14.8. The van der Waals surface area contributed by atoms with Crippen molar-refractivity contribution in [1.29, 1.82) is 0 Å². The molecule has 0 spiro atoms. The SMILES string of the molecule is CC(C)(NBr)C(C)(C)S(=O)(=O)O. The van der Waals surface area contributed by atoms with Gasteiger partial charge in [0.05, 0.1) is 0 Å². The number of hydrogen-bond donors (Lipinski definition) is 2. The second kappa shape index (κ2) is 3.25. The van der Waals surface area contributed by atoms with E-state index in [-0.39, 0.29) is 0 Å². The van der Waals surface area contributed by atoms with Crippen LogP contribution in [0, 0.1) is 0 Å². The molecule has 0 fully saturated rings. The smallest absolute Gasteiger partial charge is 0.271 e. The lowest BCUT2D eigenvalue weighted by atomic mass is 9.91. The van der Waals surface area contributed by atoms with Gasteiger partial charge in [-0.1, -0.05) is 0 Å². The topological polar surface area (TPSA) is 66.4 Å². The molecule has 4 nitrogen and oxygen atoms in total. The zero-order chi connectivity index (χ0) is 10.2. The lowest BCUT2D eigenvalue weighted by Gasteiger charge is -2.37. The van der Waals surface area contributed by atoms with Crippen LogP contribution >= 0.6 is 16.1 Å². The van der Waals surface area contributed by atoms with Crippen LogP contribution in [-0.2, 0) is 10.1 Å². The van der Waals surface area contributed by atoms with Crippen LogP contribution in [0.4, 0.5) is 0 Å². The molecule has 0 aliphatic heterocycles. The third-order valence-electron chi connectivity index (χ3n) is 2.39. The van der Waals surface area contributed by atoms with E-state index < -0.39 is 20.4 Å². The van der Waals surface area contributed by atoms with Crippen molar-refractivity contribution >= 4 is 26.3 Å². The molecular weight excluding hydrogens is 246 g/mol. The Hall–Kier alpha value is 0.350. The minimum atomic E-state index is -4.06. The van der Waals surface area contributed by atoms with E-state index in [2.05, 4.69) is 20.5 Å². The van der Waals surface area contributed by atoms with Crippen molar-refractivity contribution in [3.05, 3.63) is 0 Å². The molecule has 6 heteroatoms. The molecule has 0 aromatic carbocycles. The van der Waals surface area contributed by atoms with E-state index in [1.807, 2.05) is 0 Å². The maximum absolute atomic E-state index is 11.0. The fourth-order valence-electron chi connectivity index (χ4n) is 0.436. The van der Waals surface area contributed by atoms with Crippen molar-refractivity contribution in [2.24, 2.45) is 0 Å². The molecule has 0 radical (unpaired) electrons. The molecule has 0 heterocycles. The molecule has 0 rings (SSSR count). The first-order valence-corrected chi connectivity index (χ1v) is 5.64. The molecule has 12 heavy (non-hydrogen) atoms. The van der Waals surface area contributed by atoms with Gasteiger partial charge in [0, 0.05) is 21.7 Å². The van der Waals surface area contributed by atoms with E-state index in [0.29, 0.717) is 0 Å². The summed E-state index contributed by atoms with van der Waals surface area (Å²) in [6.45, 7) is 6.26. The second-order valence-corrected chi connectivity index (χ2v) is 6.07. The summed E-state index contributed by atoms with van der Waals surface area (Å²) in [5.41, 5.74) is -0.749. The zero-order valence-corrected chi connectivity index (χ0v) is 9.95. The third-order valence-corrected chi connectivity index (χ3v) is 5.18. The Labute approximate surface area is 81.8 Å². The van der Waals surface area contributed by atoms with E-state index in [1.54, 1.807) is 13.8 Å². The lowest BCUT2D eigenvalue weighted by molar-refractivity contribution is 0.334. The summed E-state index contributed by atoms with van der Waals surface area (Å²) in [7, 11) is -4.06. The minimum Gasteiger partial charge on any atom is -0.285 e. The van der Waals surface area contributed by atoms with E-state index >= 15 is 0 Å². The van der Waals surface area contributed by atoms with Gasteiger partial charge in [0.2, 0.25) is 0 Å². The van der Waals surface area contributed by atoms with Gasteiger partial charge in [-0.3, -0.25) is 4.55 Å². The van der Waals surface area contributed by atoms with Crippen LogP contribution in [0.3, 0.4) is 0 Å². The van der Waals surface area contributed by atoms with Crippen molar-refractivity contribution in [1.82, 2.24) is 4.34 Å². The highest BCUT2D eigenvalue weighted by molar-refractivity contribution is 9.08. The molecule has 0 saturated heterocycles. The Kier molecular flexibility index (Phi) is 3.34. The average Bonchev–Trinajstić information content (AvgIpc) is 1.85. The Balaban J connectivity index is 5.13. The van der Waals surface area contributed by atoms with Gasteiger partial charge in [-0.2, -0.15) is 8.42 Å². The summed E-state index contributed by atoms with van der Waals surface area (Å²) in [5.74, 6) is 0. The molecule has 74 valence electrons. The molecule has 0 unspecified atom stereocenters. The fraction of sp³-hybridized carbons (Fsp3) is 1.00. The van der Waals surface area contributed by atoms with E-state index in [0.717, 1.165) is 0 Å². The molecule has 2 N–H and O–H groups in total. The summed E-state index contributed by atoms with van der Waals surface area (Å²) in [6.07, 6.45) is 0. The standard InChI is InChI=1S/C6H14BrNO3S/c1-5(2,8-7)6(3,4)12(9,10)11/h8H,1-4H3,(H,9,10,11). The van der Waals surface area contributed by atoms with E-state index in [1.165, 1.54) is 13.8 Å². The van der Waals surface area contributed by atoms with E-state index in [9.17, 15) is 8.42 Å². The Morgan fingerprint density at radius 1 is 1.25 bits per heavy atom. The first-order valence-electron chi connectivity index (χ1n) is 3.41. The highest BCUT2D eigenvalue weighted by Crippen LogP contribution is 2.29. The molecule has 0 aliphatic rings. The first kappa shape index (κ1) is 12.3. The van der Waals surface area contributed by atoms with Gasteiger partial charge in [0.25, 0.3) is 10.1 Å². The lowest BCUT2D eigenvalue weighted by Crippen LogP contribution is -2.56. The monoisotopic (exact) mass is 259 g/mol. The van der Waals surface area contributed by atoms with Crippen LogP contribution in [0.25, 0.3) is 0 Å². The second-order valence-electron chi connectivity index (χ2n) is 3.70. The maximum Gasteiger partial charge on any atom is 0.271 e. The van der Waals surface area contributed by atoms with Crippen LogP contribution in [0.1, 0.15) is 27.7 Å². The Morgan fingerprint density at radius 3 is 1.67 bits per heavy atom. The first-order chi connectivity index (χ1) is 5.06. The summed E-state index contributed by atoms with van der Waals surface area (Å²) < 4.78 is 32.2. The van der Waals surface area contributed by atoms with Crippen LogP contribution < -0.4 is 4.34 Å². The molecule has 0 amide bonds. The highest BCUT2D eigenvalue weighted by atomic mass is 79.9. The van der Waals surface area contributed by atoms with Gasteiger partial charge in [0.1, 0.15) is 4.75 Å². The van der Waals surface area contributed by atoms with Gasteiger partial charge in [0.15, 0.2) is 0 Å². The van der Waals surface area contributed by atoms with Crippen molar-refractivity contribution in [2.75, 3.05) is 0 Å². The van der Waals surface area contributed by atoms with Crippen molar-refractivity contribution in [3.63, 3.8) is 0 Å². The van der Waals surface area contributed by atoms with Crippen molar-refractivity contribution in [2.45, 2.75) is 38.0 Å². The van der Waals surface area contributed by atoms with E-state index in [4.69, 9.17) is 4.55 Å². The number of nitrogens with one attached hydrogen (secondary N) is 1. The Bertz CT molecular complexity index is 258. The summed E-state index contributed by atoms with van der Waals surface area (Å²) in [6, 6.07) is 0. The average molecular weight is 260 g/mol. The predicted molar refractivity (Wildman–Crippen MR) is 51.8 cm³/mol. The summed E-state index contributed by atoms with van der Waals surface area (Å²) >= 11 is 2.97. The van der Waals surface area contributed by atoms with Crippen LogP contribution in [0.5, 0.6) is 0 Å². The van der Waals surface area contributed by atoms with Gasteiger partial charge in [-0.15, -0.1) is 0 Å². The minimum absolute atomic E-state index is 0.749. The zero-order valence-electron chi connectivity index (χ0n) is 7.55. The number of hydrogen-bond acceptors (Lipinski definition) is 3. The maximum atomic E-state index is 11.0. The van der Waals surface area contributed by atoms with Gasteiger partial charge in [-0.05, 0) is 27.7 Å². The van der Waals surface area contributed by atoms with Crippen molar-refractivity contribution < 1.29 is 13.0 Å². The third kappa shape index (κ3) is 1.99. The van der Waals surface area contributed by atoms with Crippen LogP contribution in [0.2, 0.25) is 0 Å². The molecule has 0 aromatic heterocycles. The highest BCUT2D eigenvalue weighted by Gasteiger charge is 2.46. The summed E-state index contributed by atoms with van der Waals surface area (Å²) in [5, 5.41) is 0. The quantitative estimate of drug-likeness (QED) is 0.593. The fourth-order valence-corrected chi connectivity index (χ4v) is 1.76. The number of rotatable bonds is 3. The van der Waals surface area contributed by atoms with Gasteiger partial charge < -0.3 is 0 Å². The molecule has 0 aromatic rings. The molecule has 0 saturated carbocycles. The Morgan fingerprint density at radius 2 is 1.58 bits per heavy atom. The van der Waals surface area contributed by atoms with Crippen LogP contribution in [0.15, 0.2) is 0 Å². The largest absolute Gasteiger partial charge is 0.285 e.